The molecule has 0 radical (unpaired) electrons. The van der Waals surface area contributed by atoms with Crippen LogP contribution in [-0.4, -0.2) is 16.7 Å². The standard InChI is InChI=1S/C10H14Cl2N2O.ClH/c1-10(2,5-15)9(13)8-6(11)3-14-4-7(8)12;/h3-4,9,15H,5,13H2,1-2H3;1H/t9-;/m0./s1. The summed E-state index contributed by atoms with van der Waals surface area (Å²) in [5, 5.41) is 10.1. The average molecular weight is 286 g/mol. The van der Waals surface area contributed by atoms with E-state index in [4.69, 9.17) is 28.9 Å². The molecule has 0 fully saturated rings. The van der Waals surface area contributed by atoms with Crippen molar-refractivity contribution >= 4 is 35.6 Å². The molecule has 0 unspecified atom stereocenters. The third-order valence-corrected chi connectivity index (χ3v) is 3.05. The lowest BCUT2D eigenvalue weighted by atomic mass is 9.82. The van der Waals surface area contributed by atoms with E-state index in [0.29, 0.717) is 15.6 Å². The number of aromatic nitrogens is 1. The van der Waals surface area contributed by atoms with Crippen LogP contribution >= 0.6 is 35.6 Å². The average Bonchev–Trinajstić information content (AvgIpc) is 2.17. The van der Waals surface area contributed by atoms with Gasteiger partial charge in [-0.2, -0.15) is 0 Å². The molecule has 1 aromatic heterocycles. The van der Waals surface area contributed by atoms with Gasteiger partial charge in [0.1, 0.15) is 0 Å². The van der Waals surface area contributed by atoms with E-state index in [1.807, 2.05) is 13.8 Å². The van der Waals surface area contributed by atoms with Crippen LogP contribution < -0.4 is 5.73 Å². The first-order valence-electron chi connectivity index (χ1n) is 4.55. The molecule has 0 aliphatic rings. The number of rotatable bonds is 3. The van der Waals surface area contributed by atoms with Crippen LogP contribution in [0.15, 0.2) is 12.4 Å². The minimum atomic E-state index is -0.478. The third kappa shape index (κ3) is 3.22. The van der Waals surface area contributed by atoms with Gasteiger partial charge in [-0.05, 0) is 0 Å². The molecule has 6 heteroatoms. The SMILES string of the molecule is CC(C)(CO)[C@@H](N)c1c(Cl)cncc1Cl.Cl. The number of halogens is 3. The fourth-order valence-electron chi connectivity index (χ4n) is 1.21. The van der Waals surface area contributed by atoms with Crippen LogP contribution in [0.2, 0.25) is 10.0 Å². The van der Waals surface area contributed by atoms with E-state index in [-0.39, 0.29) is 19.0 Å². The van der Waals surface area contributed by atoms with Gasteiger partial charge in [0.25, 0.3) is 0 Å². The topological polar surface area (TPSA) is 59.1 Å². The van der Waals surface area contributed by atoms with Gasteiger partial charge < -0.3 is 10.8 Å². The first kappa shape index (κ1) is 15.9. The molecule has 0 aromatic carbocycles. The van der Waals surface area contributed by atoms with Crippen LogP contribution in [0.3, 0.4) is 0 Å². The van der Waals surface area contributed by atoms with E-state index in [9.17, 15) is 5.11 Å². The monoisotopic (exact) mass is 284 g/mol. The molecule has 0 amide bonds. The van der Waals surface area contributed by atoms with Crippen LogP contribution in [0, 0.1) is 5.41 Å². The van der Waals surface area contributed by atoms with Crippen molar-refractivity contribution in [2.45, 2.75) is 19.9 Å². The molecule has 92 valence electrons. The van der Waals surface area contributed by atoms with Crippen LogP contribution in [0.25, 0.3) is 0 Å². The van der Waals surface area contributed by atoms with Crippen LogP contribution in [0.1, 0.15) is 25.5 Å². The molecule has 0 saturated heterocycles. The second-order valence-corrected chi connectivity index (χ2v) is 4.96. The highest BCUT2D eigenvalue weighted by atomic mass is 35.5. The predicted octanol–water partition coefficient (Wildman–Crippen LogP) is 2.83. The van der Waals surface area contributed by atoms with Crippen molar-refractivity contribution in [2.75, 3.05) is 6.61 Å². The fourth-order valence-corrected chi connectivity index (χ4v) is 1.81. The largest absolute Gasteiger partial charge is 0.396 e. The van der Waals surface area contributed by atoms with Gasteiger partial charge in [0.15, 0.2) is 0 Å². The molecular formula is C10H15Cl3N2O. The maximum Gasteiger partial charge on any atom is 0.0652 e. The number of hydrogen-bond acceptors (Lipinski definition) is 3. The number of nitrogens with zero attached hydrogens (tertiary/aromatic N) is 1. The molecular weight excluding hydrogens is 270 g/mol. The molecule has 0 bridgehead atoms. The maximum atomic E-state index is 9.23. The fraction of sp³-hybridized carbons (Fsp3) is 0.500. The quantitative estimate of drug-likeness (QED) is 0.898. The van der Waals surface area contributed by atoms with Gasteiger partial charge in [-0.15, -0.1) is 12.4 Å². The van der Waals surface area contributed by atoms with Gasteiger partial charge in [-0.1, -0.05) is 37.0 Å². The summed E-state index contributed by atoms with van der Waals surface area (Å²) in [6, 6.07) is -0.425. The van der Waals surface area contributed by atoms with Crippen LogP contribution in [-0.2, 0) is 0 Å². The molecule has 3 nitrogen and oxygen atoms in total. The van der Waals surface area contributed by atoms with Crippen molar-refractivity contribution in [1.82, 2.24) is 4.98 Å². The highest BCUT2D eigenvalue weighted by Crippen LogP contribution is 2.37. The van der Waals surface area contributed by atoms with Gasteiger partial charge in [-0.25, -0.2) is 0 Å². The number of aliphatic hydroxyl groups is 1. The van der Waals surface area contributed by atoms with E-state index in [1.165, 1.54) is 12.4 Å². The number of aliphatic hydroxyl groups excluding tert-OH is 1. The lowest BCUT2D eigenvalue weighted by Gasteiger charge is -2.30. The molecule has 1 aromatic rings. The van der Waals surface area contributed by atoms with Crippen molar-refractivity contribution < 1.29 is 5.11 Å². The summed E-state index contributed by atoms with van der Waals surface area (Å²) < 4.78 is 0. The second-order valence-electron chi connectivity index (χ2n) is 4.14. The molecule has 0 saturated carbocycles. The molecule has 0 spiro atoms. The summed E-state index contributed by atoms with van der Waals surface area (Å²) in [5.74, 6) is 0. The van der Waals surface area contributed by atoms with Gasteiger partial charge in [0, 0.05) is 36.0 Å². The molecule has 1 rings (SSSR count). The summed E-state index contributed by atoms with van der Waals surface area (Å²) in [6.07, 6.45) is 2.99. The summed E-state index contributed by atoms with van der Waals surface area (Å²) in [6.45, 7) is 3.67. The Kier molecular flexibility index (Phi) is 6.01. The minimum absolute atomic E-state index is 0. The van der Waals surface area contributed by atoms with Crippen molar-refractivity contribution in [2.24, 2.45) is 11.1 Å². The number of nitrogens with two attached hydrogens (primary N) is 1. The van der Waals surface area contributed by atoms with E-state index < -0.39 is 11.5 Å². The van der Waals surface area contributed by atoms with E-state index in [2.05, 4.69) is 4.98 Å². The lowest BCUT2D eigenvalue weighted by molar-refractivity contribution is 0.132. The number of hydrogen-bond donors (Lipinski definition) is 2. The smallest absolute Gasteiger partial charge is 0.0652 e. The van der Waals surface area contributed by atoms with Crippen molar-refractivity contribution in [3.05, 3.63) is 28.0 Å². The van der Waals surface area contributed by atoms with Gasteiger partial charge >= 0.3 is 0 Å². The Morgan fingerprint density at radius 1 is 1.38 bits per heavy atom. The Morgan fingerprint density at radius 3 is 2.19 bits per heavy atom. The minimum Gasteiger partial charge on any atom is -0.396 e. The van der Waals surface area contributed by atoms with Gasteiger partial charge in [-0.3, -0.25) is 4.98 Å². The Morgan fingerprint density at radius 2 is 1.81 bits per heavy atom. The normalized spacial score (nSPS) is 13.1. The Labute approximate surface area is 111 Å². The zero-order valence-electron chi connectivity index (χ0n) is 9.08. The molecule has 0 aliphatic heterocycles. The Bertz CT molecular complexity index is 338. The van der Waals surface area contributed by atoms with E-state index >= 15 is 0 Å². The van der Waals surface area contributed by atoms with Gasteiger partial charge in [0.2, 0.25) is 0 Å². The summed E-state index contributed by atoms with van der Waals surface area (Å²) in [4.78, 5) is 3.85. The molecule has 1 atom stereocenters. The van der Waals surface area contributed by atoms with E-state index in [1.54, 1.807) is 0 Å². The highest BCUT2D eigenvalue weighted by molar-refractivity contribution is 6.35. The third-order valence-electron chi connectivity index (χ3n) is 2.45. The summed E-state index contributed by atoms with van der Waals surface area (Å²) in [5.41, 5.74) is 6.18. The number of pyridine rings is 1. The van der Waals surface area contributed by atoms with E-state index in [0.717, 1.165) is 0 Å². The summed E-state index contributed by atoms with van der Waals surface area (Å²) >= 11 is 12.0. The second kappa shape index (κ2) is 6.03. The maximum absolute atomic E-state index is 9.23. The molecule has 16 heavy (non-hydrogen) atoms. The van der Waals surface area contributed by atoms with Gasteiger partial charge in [0.05, 0.1) is 10.0 Å². The van der Waals surface area contributed by atoms with Crippen molar-refractivity contribution in [1.29, 1.82) is 0 Å². The highest BCUT2D eigenvalue weighted by Gasteiger charge is 2.30. The molecule has 0 aliphatic carbocycles. The first-order valence-corrected chi connectivity index (χ1v) is 5.31. The summed E-state index contributed by atoms with van der Waals surface area (Å²) in [7, 11) is 0. The molecule has 3 N–H and O–H groups in total. The first-order chi connectivity index (χ1) is 6.90. The zero-order chi connectivity index (χ0) is 11.6. The predicted molar refractivity (Wildman–Crippen MR) is 69.3 cm³/mol. The zero-order valence-corrected chi connectivity index (χ0v) is 11.4. The Balaban J connectivity index is 0.00000225. The van der Waals surface area contributed by atoms with Crippen molar-refractivity contribution in [3.8, 4) is 0 Å². The lowest BCUT2D eigenvalue weighted by Crippen LogP contribution is -2.32. The van der Waals surface area contributed by atoms with Crippen molar-refractivity contribution in [3.63, 3.8) is 0 Å². The van der Waals surface area contributed by atoms with Crippen LogP contribution in [0.4, 0.5) is 0 Å². The molecule has 1 heterocycles. The van der Waals surface area contributed by atoms with Crippen LogP contribution in [0.5, 0.6) is 0 Å². The Hall–Kier alpha value is -0.0600.